The van der Waals surface area contributed by atoms with Crippen LogP contribution in [0.3, 0.4) is 0 Å². The molecule has 0 atom stereocenters. The summed E-state index contributed by atoms with van der Waals surface area (Å²) in [4.78, 5) is 14.3. The van der Waals surface area contributed by atoms with Crippen molar-refractivity contribution >= 4 is 5.78 Å². The van der Waals surface area contributed by atoms with Crippen LogP contribution in [0.2, 0.25) is 0 Å². The van der Waals surface area contributed by atoms with E-state index in [1.807, 2.05) is 26.0 Å². The number of hydrogen-bond acceptors (Lipinski definition) is 3. The summed E-state index contributed by atoms with van der Waals surface area (Å²) in [6.45, 7) is 7.74. The highest BCUT2D eigenvalue weighted by molar-refractivity contribution is 5.98. The molecule has 0 radical (unpaired) electrons. The minimum Gasteiger partial charge on any atom is -0.379 e. The number of nitrogens with zero attached hydrogens (tertiary/aromatic N) is 1. The first kappa shape index (κ1) is 12.3. The lowest BCUT2D eigenvalue weighted by Gasteiger charge is -2.26. The number of Topliss-reactive ketones (excluding diaryl/α,β-unsaturated/α-hetero) is 1. The van der Waals surface area contributed by atoms with Gasteiger partial charge in [0, 0.05) is 18.7 Å². The topological polar surface area (TPSA) is 29.5 Å². The van der Waals surface area contributed by atoms with E-state index in [0.29, 0.717) is 6.54 Å². The first-order chi connectivity index (χ1) is 8.16. The summed E-state index contributed by atoms with van der Waals surface area (Å²) >= 11 is 0. The van der Waals surface area contributed by atoms with Gasteiger partial charge in [-0.15, -0.1) is 0 Å². The number of ketones is 1. The van der Waals surface area contributed by atoms with Crippen LogP contribution < -0.4 is 0 Å². The quantitative estimate of drug-likeness (QED) is 0.746. The lowest BCUT2D eigenvalue weighted by atomic mass is 10.0. The van der Waals surface area contributed by atoms with Crippen molar-refractivity contribution in [1.82, 2.24) is 4.90 Å². The van der Waals surface area contributed by atoms with Crippen LogP contribution in [-0.4, -0.2) is 43.5 Å². The van der Waals surface area contributed by atoms with Crippen molar-refractivity contribution in [2.75, 3.05) is 32.8 Å². The Labute approximate surface area is 102 Å². The van der Waals surface area contributed by atoms with E-state index in [1.54, 1.807) is 0 Å². The third-order valence-corrected chi connectivity index (χ3v) is 3.15. The first-order valence-electron chi connectivity index (χ1n) is 6.07. The minimum absolute atomic E-state index is 0.212. The average molecular weight is 233 g/mol. The number of carbonyl (C=O) groups excluding carboxylic acids is 1. The summed E-state index contributed by atoms with van der Waals surface area (Å²) in [6.07, 6.45) is 0. The molecule has 0 spiro atoms. The first-order valence-corrected chi connectivity index (χ1v) is 6.07. The molecule has 3 heteroatoms. The molecule has 17 heavy (non-hydrogen) atoms. The van der Waals surface area contributed by atoms with Gasteiger partial charge in [-0.3, -0.25) is 9.69 Å². The van der Waals surface area contributed by atoms with E-state index in [4.69, 9.17) is 4.74 Å². The number of aryl methyl sites for hydroxylation is 2. The normalized spacial score (nSPS) is 17.1. The summed E-state index contributed by atoms with van der Waals surface area (Å²) in [6, 6.07) is 6.00. The zero-order chi connectivity index (χ0) is 12.3. The van der Waals surface area contributed by atoms with Crippen LogP contribution in [0.5, 0.6) is 0 Å². The van der Waals surface area contributed by atoms with E-state index < -0.39 is 0 Å². The van der Waals surface area contributed by atoms with Gasteiger partial charge in [0.1, 0.15) is 0 Å². The van der Waals surface area contributed by atoms with Gasteiger partial charge in [0.2, 0.25) is 0 Å². The molecule has 0 amide bonds. The molecule has 1 aliphatic heterocycles. The van der Waals surface area contributed by atoms with Gasteiger partial charge in [0.15, 0.2) is 5.78 Å². The number of hydrogen-bond donors (Lipinski definition) is 0. The summed E-state index contributed by atoms with van der Waals surface area (Å²) in [5, 5.41) is 0. The van der Waals surface area contributed by atoms with Crippen molar-refractivity contribution in [3.8, 4) is 0 Å². The maximum absolute atomic E-state index is 12.2. The molecule has 1 fully saturated rings. The summed E-state index contributed by atoms with van der Waals surface area (Å²) in [5.74, 6) is 0.212. The van der Waals surface area contributed by atoms with E-state index in [9.17, 15) is 4.79 Å². The molecular formula is C14H19NO2. The molecule has 0 aromatic heterocycles. The van der Waals surface area contributed by atoms with Gasteiger partial charge < -0.3 is 4.74 Å². The van der Waals surface area contributed by atoms with Gasteiger partial charge in [-0.05, 0) is 19.4 Å². The largest absolute Gasteiger partial charge is 0.379 e. The van der Waals surface area contributed by atoms with Crippen molar-refractivity contribution in [1.29, 1.82) is 0 Å². The number of rotatable bonds is 3. The zero-order valence-electron chi connectivity index (χ0n) is 10.5. The van der Waals surface area contributed by atoms with Crippen molar-refractivity contribution in [2.24, 2.45) is 0 Å². The molecule has 0 saturated carbocycles. The second-order valence-corrected chi connectivity index (χ2v) is 4.63. The van der Waals surface area contributed by atoms with Crippen molar-refractivity contribution in [2.45, 2.75) is 13.8 Å². The van der Waals surface area contributed by atoms with E-state index in [2.05, 4.69) is 11.0 Å². The predicted octanol–water partition coefficient (Wildman–Crippen LogP) is 1.82. The second kappa shape index (κ2) is 5.43. The molecule has 2 rings (SSSR count). The number of ether oxygens (including phenoxy) is 1. The molecule has 0 unspecified atom stereocenters. The van der Waals surface area contributed by atoms with E-state index in [0.717, 1.165) is 37.4 Å². The van der Waals surface area contributed by atoms with Crippen LogP contribution in [-0.2, 0) is 4.74 Å². The van der Waals surface area contributed by atoms with Crippen molar-refractivity contribution < 1.29 is 9.53 Å². The van der Waals surface area contributed by atoms with Crippen molar-refractivity contribution in [3.05, 3.63) is 34.9 Å². The molecule has 1 heterocycles. The highest BCUT2D eigenvalue weighted by Crippen LogP contribution is 2.12. The van der Waals surface area contributed by atoms with E-state index >= 15 is 0 Å². The van der Waals surface area contributed by atoms with Gasteiger partial charge in [0.05, 0.1) is 19.8 Å². The highest BCUT2D eigenvalue weighted by Gasteiger charge is 2.16. The summed E-state index contributed by atoms with van der Waals surface area (Å²) in [7, 11) is 0. The molecule has 0 N–H and O–H groups in total. The third kappa shape index (κ3) is 3.14. The fourth-order valence-electron chi connectivity index (χ4n) is 2.17. The van der Waals surface area contributed by atoms with Crippen LogP contribution in [0, 0.1) is 13.8 Å². The number of carbonyl (C=O) groups is 1. The highest BCUT2D eigenvalue weighted by atomic mass is 16.5. The molecule has 1 aromatic rings. The standard InChI is InChI=1S/C14H19NO2/c1-11-3-4-13(12(2)9-11)14(16)10-15-5-7-17-8-6-15/h3-4,9H,5-8,10H2,1-2H3. The molecule has 3 nitrogen and oxygen atoms in total. The minimum atomic E-state index is 0.212. The average Bonchev–Trinajstić information content (AvgIpc) is 2.30. The fraction of sp³-hybridized carbons (Fsp3) is 0.500. The van der Waals surface area contributed by atoms with E-state index in [-0.39, 0.29) is 5.78 Å². The summed E-state index contributed by atoms with van der Waals surface area (Å²) < 4.78 is 5.27. The van der Waals surface area contributed by atoms with Gasteiger partial charge in [-0.25, -0.2) is 0 Å². The summed E-state index contributed by atoms with van der Waals surface area (Å²) in [5.41, 5.74) is 3.12. The molecule has 1 aliphatic rings. The maximum atomic E-state index is 12.2. The monoisotopic (exact) mass is 233 g/mol. The maximum Gasteiger partial charge on any atom is 0.177 e. The molecule has 0 bridgehead atoms. The second-order valence-electron chi connectivity index (χ2n) is 4.63. The zero-order valence-corrected chi connectivity index (χ0v) is 10.5. The molecular weight excluding hydrogens is 214 g/mol. The van der Waals surface area contributed by atoms with Crippen LogP contribution in [0.15, 0.2) is 18.2 Å². The van der Waals surface area contributed by atoms with Crippen LogP contribution in [0.25, 0.3) is 0 Å². The van der Waals surface area contributed by atoms with Crippen LogP contribution in [0.1, 0.15) is 21.5 Å². The van der Waals surface area contributed by atoms with Gasteiger partial charge in [-0.2, -0.15) is 0 Å². The third-order valence-electron chi connectivity index (χ3n) is 3.15. The van der Waals surface area contributed by atoms with Crippen LogP contribution >= 0.6 is 0 Å². The molecule has 0 aliphatic carbocycles. The lowest BCUT2D eigenvalue weighted by Crippen LogP contribution is -2.39. The number of morpholine rings is 1. The molecule has 1 aromatic carbocycles. The van der Waals surface area contributed by atoms with Gasteiger partial charge in [0.25, 0.3) is 0 Å². The Hall–Kier alpha value is -1.19. The number of benzene rings is 1. The SMILES string of the molecule is Cc1ccc(C(=O)CN2CCOCC2)c(C)c1. The van der Waals surface area contributed by atoms with Crippen molar-refractivity contribution in [3.63, 3.8) is 0 Å². The Kier molecular flexibility index (Phi) is 3.92. The predicted molar refractivity (Wildman–Crippen MR) is 67.5 cm³/mol. The van der Waals surface area contributed by atoms with Gasteiger partial charge in [-0.1, -0.05) is 23.8 Å². The molecule has 1 saturated heterocycles. The Balaban J connectivity index is 2.03. The Morgan fingerprint density at radius 2 is 2.00 bits per heavy atom. The molecule has 92 valence electrons. The Bertz CT molecular complexity index is 409. The van der Waals surface area contributed by atoms with Crippen LogP contribution in [0.4, 0.5) is 0 Å². The van der Waals surface area contributed by atoms with Gasteiger partial charge >= 0.3 is 0 Å². The Morgan fingerprint density at radius 1 is 1.29 bits per heavy atom. The Morgan fingerprint density at radius 3 is 2.65 bits per heavy atom. The smallest absolute Gasteiger partial charge is 0.177 e. The lowest BCUT2D eigenvalue weighted by molar-refractivity contribution is 0.0371. The van der Waals surface area contributed by atoms with E-state index in [1.165, 1.54) is 5.56 Å². The fourth-order valence-corrected chi connectivity index (χ4v) is 2.17.